The van der Waals surface area contributed by atoms with E-state index in [0.717, 1.165) is 5.52 Å². The van der Waals surface area contributed by atoms with Crippen molar-refractivity contribution in [1.82, 2.24) is 4.98 Å². The molecule has 0 radical (unpaired) electrons. The average Bonchev–Trinajstić information content (AvgIpc) is 2.67. The van der Waals surface area contributed by atoms with Crippen molar-refractivity contribution in [3.8, 4) is 0 Å². The van der Waals surface area contributed by atoms with Crippen molar-refractivity contribution in [2.75, 3.05) is 23.9 Å². The van der Waals surface area contributed by atoms with Gasteiger partial charge in [-0.15, -0.1) is 0 Å². The second kappa shape index (κ2) is 4.75. The quantitative estimate of drug-likeness (QED) is 0.809. The maximum atomic E-state index is 11.2. The lowest BCUT2D eigenvalue weighted by molar-refractivity contribution is 0.613. The molecule has 3 N–H and O–H groups in total. The van der Waals surface area contributed by atoms with Crippen LogP contribution in [0.4, 0.5) is 11.7 Å². The van der Waals surface area contributed by atoms with E-state index in [4.69, 9.17) is 10.2 Å². The van der Waals surface area contributed by atoms with E-state index in [2.05, 4.69) is 10.3 Å². The van der Waals surface area contributed by atoms with Gasteiger partial charge in [0.15, 0.2) is 5.58 Å². The third-order valence-corrected chi connectivity index (χ3v) is 3.82. The lowest BCUT2D eigenvalue weighted by Crippen LogP contribution is -2.20. The van der Waals surface area contributed by atoms with E-state index < -0.39 is 10.8 Å². The fourth-order valence-electron chi connectivity index (χ4n) is 1.37. The smallest absolute Gasteiger partial charge is 0.295 e. The molecule has 1 aromatic heterocycles. The molecule has 92 valence electrons. The molecular weight excluding hydrogens is 238 g/mol. The molecule has 0 aliphatic carbocycles. The Bertz CT molecular complexity index is 553. The molecule has 2 aromatic rings. The van der Waals surface area contributed by atoms with Crippen LogP contribution in [0.1, 0.15) is 6.92 Å². The summed E-state index contributed by atoms with van der Waals surface area (Å²) in [5.74, 6) is 0. The van der Waals surface area contributed by atoms with E-state index in [1.54, 1.807) is 24.5 Å². The van der Waals surface area contributed by atoms with Crippen molar-refractivity contribution in [2.45, 2.75) is 12.2 Å². The summed E-state index contributed by atoms with van der Waals surface area (Å²) in [6.07, 6.45) is 1.68. The fraction of sp³-hybridized carbons (Fsp3) is 0.364. The second-order valence-electron chi connectivity index (χ2n) is 3.94. The molecule has 1 heterocycles. The van der Waals surface area contributed by atoms with E-state index >= 15 is 0 Å². The topological polar surface area (TPSA) is 81.2 Å². The first-order valence-electron chi connectivity index (χ1n) is 5.28. The zero-order chi connectivity index (χ0) is 12.4. The molecule has 0 fully saturated rings. The number of benzene rings is 1. The van der Waals surface area contributed by atoms with Crippen molar-refractivity contribution in [2.24, 2.45) is 0 Å². The van der Waals surface area contributed by atoms with Crippen LogP contribution in [-0.4, -0.2) is 27.2 Å². The molecule has 0 aliphatic heterocycles. The Balaban J connectivity index is 2.12. The van der Waals surface area contributed by atoms with Gasteiger partial charge in [-0.25, -0.2) is 0 Å². The molecule has 2 atom stereocenters. The van der Waals surface area contributed by atoms with Gasteiger partial charge in [-0.1, -0.05) is 0 Å². The average molecular weight is 253 g/mol. The summed E-state index contributed by atoms with van der Waals surface area (Å²) in [6.45, 7) is 2.47. The molecule has 0 spiro atoms. The number of nitrogens with zero attached hydrogens (tertiary/aromatic N) is 1. The minimum Gasteiger partial charge on any atom is -0.423 e. The SMILES string of the molecule is CC(CNc1nc2ccc(N)cc2o1)S(C)=O. The first kappa shape index (κ1) is 11.9. The Morgan fingerprint density at radius 3 is 3.06 bits per heavy atom. The number of fused-ring (bicyclic) bond motifs is 1. The molecule has 0 aliphatic rings. The summed E-state index contributed by atoms with van der Waals surface area (Å²) in [5, 5.41) is 3.07. The van der Waals surface area contributed by atoms with Crippen molar-refractivity contribution < 1.29 is 8.63 Å². The third kappa shape index (κ3) is 2.76. The molecule has 0 saturated carbocycles. The standard InChI is InChI=1S/C11H15N3O2S/c1-7(17(2)15)6-13-11-14-9-4-3-8(12)5-10(9)16-11/h3-5,7H,6,12H2,1-2H3,(H,13,14). The minimum absolute atomic E-state index is 0.0510. The van der Waals surface area contributed by atoms with Crippen molar-refractivity contribution in [1.29, 1.82) is 0 Å². The molecule has 17 heavy (non-hydrogen) atoms. The highest BCUT2D eigenvalue weighted by Crippen LogP contribution is 2.20. The van der Waals surface area contributed by atoms with Crippen molar-refractivity contribution >= 4 is 33.6 Å². The summed E-state index contributed by atoms with van der Waals surface area (Å²) in [7, 11) is -0.857. The Labute approximate surface area is 102 Å². The number of rotatable bonds is 4. The predicted octanol–water partition coefficient (Wildman–Crippen LogP) is 1.59. The summed E-state index contributed by atoms with van der Waals surface area (Å²) in [5.41, 5.74) is 7.70. The molecule has 5 nitrogen and oxygen atoms in total. The normalized spacial score (nSPS) is 14.7. The van der Waals surface area contributed by atoms with Gasteiger partial charge >= 0.3 is 0 Å². The van der Waals surface area contributed by atoms with Crippen LogP contribution in [0.2, 0.25) is 0 Å². The number of anilines is 2. The Morgan fingerprint density at radius 2 is 2.35 bits per heavy atom. The first-order valence-corrected chi connectivity index (χ1v) is 6.90. The Kier molecular flexibility index (Phi) is 3.33. The van der Waals surface area contributed by atoms with Crippen LogP contribution < -0.4 is 11.1 Å². The molecule has 2 rings (SSSR count). The number of oxazole rings is 1. The van der Waals surface area contributed by atoms with Crippen LogP contribution in [0.15, 0.2) is 22.6 Å². The van der Waals surface area contributed by atoms with Crippen LogP contribution in [-0.2, 0) is 10.8 Å². The van der Waals surface area contributed by atoms with Gasteiger partial charge in [0.1, 0.15) is 5.52 Å². The number of nitrogens with one attached hydrogen (secondary N) is 1. The zero-order valence-corrected chi connectivity index (χ0v) is 10.6. The van der Waals surface area contributed by atoms with E-state index in [9.17, 15) is 4.21 Å². The van der Waals surface area contributed by atoms with E-state index in [-0.39, 0.29) is 5.25 Å². The minimum atomic E-state index is -0.857. The molecule has 1 aromatic carbocycles. The van der Waals surface area contributed by atoms with Crippen LogP contribution >= 0.6 is 0 Å². The summed E-state index contributed by atoms with van der Waals surface area (Å²) in [6, 6.07) is 5.75. The number of aromatic nitrogens is 1. The molecule has 0 amide bonds. The maximum Gasteiger partial charge on any atom is 0.295 e. The maximum absolute atomic E-state index is 11.2. The van der Waals surface area contributed by atoms with E-state index in [1.165, 1.54) is 0 Å². The Morgan fingerprint density at radius 1 is 1.59 bits per heavy atom. The van der Waals surface area contributed by atoms with E-state index in [0.29, 0.717) is 23.8 Å². The molecule has 0 saturated heterocycles. The van der Waals surface area contributed by atoms with Crippen molar-refractivity contribution in [3.63, 3.8) is 0 Å². The first-order chi connectivity index (χ1) is 8.06. The number of hydrogen-bond acceptors (Lipinski definition) is 5. The number of hydrogen-bond donors (Lipinski definition) is 2. The summed E-state index contributed by atoms with van der Waals surface area (Å²) in [4.78, 5) is 4.25. The summed E-state index contributed by atoms with van der Waals surface area (Å²) >= 11 is 0. The van der Waals surface area contributed by atoms with Crippen LogP contribution in [0.3, 0.4) is 0 Å². The lowest BCUT2D eigenvalue weighted by Gasteiger charge is -2.07. The second-order valence-corrected chi connectivity index (χ2v) is 5.74. The van der Waals surface area contributed by atoms with Gasteiger partial charge < -0.3 is 15.5 Å². The molecule has 2 unspecified atom stereocenters. The number of nitrogen functional groups attached to an aromatic ring is 1. The molecular formula is C11H15N3O2S. The summed E-state index contributed by atoms with van der Waals surface area (Å²) < 4.78 is 16.7. The van der Waals surface area contributed by atoms with Crippen molar-refractivity contribution in [3.05, 3.63) is 18.2 Å². The highest BCUT2D eigenvalue weighted by molar-refractivity contribution is 7.84. The van der Waals surface area contributed by atoms with Crippen LogP contribution in [0.5, 0.6) is 0 Å². The largest absolute Gasteiger partial charge is 0.423 e. The van der Waals surface area contributed by atoms with Crippen LogP contribution in [0.25, 0.3) is 11.1 Å². The van der Waals surface area contributed by atoms with Gasteiger partial charge in [0.2, 0.25) is 0 Å². The third-order valence-electron chi connectivity index (χ3n) is 2.52. The van der Waals surface area contributed by atoms with Gasteiger partial charge in [-0.3, -0.25) is 4.21 Å². The van der Waals surface area contributed by atoms with Gasteiger partial charge in [0.05, 0.1) is 0 Å². The van der Waals surface area contributed by atoms with Gasteiger partial charge in [-0.05, 0) is 19.1 Å². The highest BCUT2D eigenvalue weighted by atomic mass is 32.2. The number of nitrogens with two attached hydrogens (primary N) is 1. The van der Waals surface area contributed by atoms with Gasteiger partial charge in [0, 0.05) is 40.6 Å². The van der Waals surface area contributed by atoms with Gasteiger partial charge in [0.25, 0.3) is 6.01 Å². The molecule has 6 heteroatoms. The van der Waals surface area contributed by atoms with E-state index in [1.807, 2.05) is 6.92 Å². The van der Waals surface area contributed by atoms with Gasteiger partial charge in [-0.2, -0.15) is 4.98 Å². The van der Waals surface area contributed by atoms with Crippen LogP contribution in [0, 0.1) is 0 Å². The monoisotopic (exact) mass is 253 g/mol. The predicted molar refractivity (Wildman–Crippen MR) is 70.4 cm³/mol. The fourth-order valence-corrected chi connectivity index (χ4v) is 1.68. The lowest BCUT2D eigenvalue weighted by atomic mass is 10.3. The zero-order valence-electron chi connectivity index (χ0n) is 9.77. The Hall–Kier alpha value is -1.56. The highest BCUT2D eigenvalue weighted by Gasteiger charge is 2.09. The molecule has 0 bridgehead atoms.